The number of benzene rings is 3. The van der Waals surface area contributed by atoms with E-state index in [0.717, 1.165) is 10.8 Å². The maximum atomic E-state index is 4.61. The summed E-state index contributed by atoms with van der Waals surface area (Å²) >= 11 is 1.77. The molecule has 0 saturated heterocycles. The number of imidazole rings is 1. The average molecular weight is 342 g/mol. The summed E-state index contributed by atoms with van der Waals surface area (Å²) in [6.45, 7) is 0. The van der Waals surface area contributed by atoms with Crippen LogP contribution >= 0.6 is 11.8 Å². The Kier molecular flexibility index (Phi) is 4.66. The maximum Gasteiger partial charge on any atom is 0.173 e. The lowest BCUT2D eigenvalue weighted by atomic mass is 10.0. The quantitative estimate of drug-likeness (QED) is 0.430. The highest BCUT2D eigenvalue weighted by Gasteiger charge is 2.18. The number of hydrogen-bond donors (Lipinski definition) is 0. The molecule has 0 saturated carbocycles. The van der Waals surface area contributed by atoms with Crippen LogP contribution in [0.3, 0.4) is 0 Å². The van der Waals surface area contributed by atoms with E-state index >= 15 is 0 Å². The Balaban J connectivity index is 1.73. The van der Waals surface area contributed by atoms with Gasteiger partial charge in [-0.25, -0.2) is 4.98 Å². The van der Waals surface area contributed by atoms with Crippen LogP contribution < -0.4 is 0 Å². The first-order valence-corrected chi connectivity index (χ1v) is 9.15. The Hall–Kier alpha value is -2.78. The largest absolute Gasteiger partial charge is 0.295 e. The van der Waals surface area contributed by atoms with Gasteiger partial charge in [-0.05, 0) is 23.3 Å². The standard InChI is InChI=1S/C22H18N2S/c1-4-10-18(11-5-1)21(19-12-6-2-7-13-19)25-22-23-16-17-24(22)20-14-8-3-9-15-20/h1-17,21H. The maximum absolute atomic E-state index is 4.61. The van der Waals surface area contributed by atoms with Gasteiger partial charge in [0.1, 0.15) is 0 Å². The van der Waals surface area contributed by atoms with Crippen molar-refractivity contribution in [1.29, 1.82) is 0 Å². The van der Waals surface area contributed by atoms with Gasteiger partial charge in [0.25, 0.3) is 0 Å². The van der Waals surface area contributed by atoms with Crippen molar-refractivity contribution in [3.05, 3.63) is 115 Å². The minimum atomic E-state index is 0.201. The van der Waals surface area contributed by atoms with Gasteiger partial charge in [0.2, 0.25) is 0 Å². The lowest BCUT2D eigenvalue weighted by Gasteiger charge is -2.18. The van der Waals surface area contributed by atoms with Crippen LogP contribution in [0, 0.1) is 0 Å². The van der Waals surface area contributed by atoms with Gasteiger partial charge in [-0.1, -0.05) is 90.6 Å². The minimum absolute atomic E-state index is 0.201. The van der Waals surface area contributed by atoms with E-state index in [4.69, 9.17) is 0 Å². The van der Waals surface area contributed by atoms with E-state index in [-0.39, 0.29) is 5.25 Å². The number of para-hydroxylation sites is 1. The number of hydrogen-bond acceptors (Lipinski definition) is 2. The van der Waals surface area contributed by atoms with Crippen LogP contribution in [0.1, 0.15) is 16.4 Å². The molecule has 0 bridgehead atoms. The third-order valence-corrected chi connectivity index (χ3v) is 5.36. The summed E-state index contributed by atoms with van der Waals surface area (Å²) < 4.78 is 2.14. The molecule has 122 valence electrons. The van der Waals surface area contributed by atoms with E-state index < -0.39 is 0 Å². The molecule has 0 unspecified atom stereocenters. The van der Waals surface area contributed by atoms with Crippen molar-refractivity contribution in [2.24, 2.45) is 0 Å². The lowest BCUT2D eigenvalue weighted by molar-refractivity contribution is 0.890. The number of nitrogens with zero attached hydrogens (tertiary/aromatic N) is 2. The summed E-state index contributed by atoms with van der Waals surface area (Å²) in [6, 6.07) is 31.5. The zero-order valence-corrected chi connectivity index (χ0v) is 14.5. The summed E-state index contributed by atoms with van der Waals surface area (Å²) in [5.74, 6) is 0. The average Bonchev–Trinajstić information content (AvgIpc) is 3.16. The van der Waals surface area contributed by atoms with Gasteiger partial charge >= 0.3 is 0 Å². The van der Waals surface area contributed by atoms with Crippen LogP contribution in [0.2, 0.25) is 0 Å². The second-order valence-electron chi connectivity index (χ2n) is 5.73. The van der Waals surface area contributed by atoms with Crippen molar-refractivity contribution in [1.82, 2.24) is 9.55 Å². The highest BCUT2D eigenvalue weighted by molar-refractivity contribution is 7.99. The Labute approximate surface area is 152 Å². The molecular formula is C22H18N2S. The molecule has 2 nitrogen and oxygen atoms in total. The molecule has 0 fully saturated rings. The third-order valence-electron chi connectivity index (χ3n) is 4.07. The number of rotatable bonds is 5. The SMILES string of the molecule is c1ccc(C(Sc2nccn2-c2ccccc2)c2ccccc2)cc1. The molecule has 0 N–H and O–H groups in total. The number of aromatic nitrogens is 2. The topological polar surface area (TPSA) is 17.8 Å². The Morgan fingerprint density at radius 1 is 0.680 bits per heavy atom. The molecule has 1 heterocycles. The van der Waals surface area contributed by atoms with E-state index in [1.54, 1.807) is 11.8 Å². The molecule has 0 spiro atoms. The predicted octanol–water partition coefficient (Wildman–Crippen LogP) is 5.75. The van der Waals surface area contributed by atoms with Gasteiger partial charge in [-0.2, -0.15) is 0 Å². The minimum Gasteiger partial charge on any atom is -0.295 e. The summed E-state index contributed by atoms with van der Waals surface area (Å²) in [7, 11) is 0. The first kappa shape index (κ1) is 15.7. The first-order valence-electron chi connectivity index (χ1n) is 8.27. The summed E-state index contributed by atoms with van der Waals surface area (Å²) in [5, 5.41) is 1.19. The fraction of sp³-hybridized carbons (Fsp3) is 0.0455. The molecule has 1 aromatic heterocycles. The lowest BCUT2D eigenvalue weighted by Crippen LogP contribution is -2.01. The Morgan fingerprint density at radius 2 is 1.20 bits per heavy atom. The van der Waals surface area contributed by atoms with Gasteiger partial charge in [-0.3, -0.25) is 4.57 Å². The van der Waals surface area contributed by atoms with Gasteiger partial charge in [0.05, 0.1) is 5.25 Å². The molecule has 4 aromatic rings. The van der Waals surface area contributed by atoms with Gasteiger partial charge in [0.15, 0.2) is 5.16 Å². The molecular weight excluding hydrogens is 324 g/mol. The van der Waals surface area contributed by atoms with Crippen LogP contribution in [0.4, 0.5) is 0 Å². The fourth-order valence-electron chi connectivity index (χ4n) is 2.85. The molecule has 0 aliphatic heterocycles. The van der Waals surface area contributed by atoms with Crippen molar-refractivity contribution in [3.8, 4) is 5.69 Å². The molecule has 0 aliphatic carbocycles. The molecule has 3 heteroatoms. The zero-order valence-electron chi connectivity index (χ0n) is 13.7. The van der Waals surface area contributed by atoms with Gasteiger partial charge < -0.3 is 0 Å². The Morgan fingerprint density at radius 3 is 1.76 bits per heavy atom. The monoisotopic (exact) mass is 342 g/mol. The predicted molar refractivity (Wildman–Crippen MR) is 104 cm³/mol. The van der Waals surface area contributed by atoms with E-state index in [1.807, 2.05) is 18.5 Å². The van der Waals surface area contributed by atoms with Crippen molar-refractivity contribution in [2.45, 2.75) is 10.4 Å². The van der Waals surface area contributed by atoms with E-state index in [0.29, 0.717) is 0 Å². The van der Waals surface area contributed by atoms with Crippen LogP contribution in [0.25, 0.3) is 5.69 Å². The Bertz CT molecular complexity index is 878. The van der Waals surface area contributed by atoms with Crippen LogP contribution in [0.15, 0.2) is 109 Å². The molecule has 4 rings (SSSR count). The molecule has 0 amide bonds. The van der Waals surface area contributed by atoms with Crippen LogP contribution in [-0.2, 0) is 0 Å². The van der Waals surface area contributed by atoms with Crippen LogP contribution in [-0.4, -0.2) is 9.55 Å². The van der Waals surface area contributed by atoms with Crippen molar-refractivity contribution in [2.75, 3.05) is 0 Å². The highest BCUT2D eigenvalue weighted by Crippen LogP contribution is 2.40. The van der Waals surface area contributed by atoms with Crippen LogP contribution in [0.5, 0.6) is 0 Å². The van der Waals surface area contributed by atoms with E-state index in [1.165, 1.54) is 11.1 Å². The zero-order chi connectivity index (χ0) is 16.9. The molecule has 3 aromatic carbocycles. The highest BCUT2D eigenvalue weighted by atomic mass is 32.2. The second-order valence-corrected chi connectivity index (χ2v) is 6.81. The summed E-state index contributed by atoms with van der Waals surface area (Å²) in [6.07, 6.45) is 3.88. The molecule has 25 heavy (non-hydrogen) atoms. The van der Waals surface area contributed by atoms with Crippen molar-refractivity contribution < 1.29 is 0 Å². The van der Waals surface area contributed by atoms with E-state index in [9.17, 15) is 0 Å². The van der Waals surface area contributed by atoms with Crippen molar-refractivity contribution in [3.63, 3.8) is 0 Å². The second kappa shape index (κ2) is 7.41. The fourth-order valence-corrected chi connectivity index (χ4v) is 4.05. The molecule has 0 aliphatic rings. The number of thioether (sulfide) groups is 1. The third kappa shape index (κ3) is 3.52. The van der Waals surface area contributed by atoms with Crippen molar-refractivity contribution >= 4 is 11.8 Å². The summed E-state index contributed by atoms with van der Waals surface area (Å²) in [5.41, 5.74) is 3.69. The molecule has 0 atom stereocenters. The smallest absolute Gasteiger partial charge is 0.173 e. The first-order chi connectivity index (χ1) is 12.4. The van der Waals surface area contributed by atoms with E-state index in [2.05, 4.69) is 94.5 Å². The van der Waals surface area contributed by atoms with Gasteiger partial charge in [-0.15, -0.1) is 0 Å². The molecule has 0 radical (unpaired) electrons. The van der Waals surface area contributed by atoms with Gasteiger partial charge in [0, 0.05) is 18.1 Å². The normalized spacial score (nSPS) is 10.9. The summed E-state index contributed by atoms with van der Waals surface area (Å²) in [4.78, 5) is 4.61.